The van der Waals surface area contributed by atoms with E-state index in [4.69, 9.17) is 18.9 Å². The van der Waals surface area contributed by atoms with E-state index in [0.29, 0.717) is 34.1 Å². The van der Waals surface area contributed by atoms with Crippen LogP contribution in [0.15, 0.2) is 46.3 Å². The summed E-state index contributed by atoms with van der Waals surface area (Å²) in [5.41, 5.74) is 3.70. The van der Waals surface area contributed by atoms with Crippen LogP contribution >= 0.6 is 0 Å². The molecule has 1 N–H and O–H groups in total. The number of nitrogens with one attached hydrogen (secondary N) is 1. The fraction of sp³-hybridized carbons (Fsp3) is 0.217. The minimum Gasteiger partial charge on any atom is -0.497 e. The molecule has 0 aliphatic rings. The number of hydrazone groups is 1. The van der Waals surface area contributed by atoms with Gasteiger partial charge in [-0.05, 0) is 36.4 Å². The molecule has 1 aromatic heterocycles. The predicted molar refractivity (Wildman–Crippen MR) is 123 cm³/mol. The molecule has 1 heterocycles. The van der Waals surface area contributed by atoms with Gasteiger partial charge in [0.1, 0.15) is 17.4 Å². The van der Waals surface area contributed by atoms with Crippen molar-refractivity contribution in [2.24, 2.45) is 12.1 Å². The number of aromatic nitrogens is 2. The lowest BCUT2D eigenvalue weighted by atomic mass is 10.1. The number of nitriles is 1. The van der Waals surface area contributed by atoms with Crippen molar-refractivity contribution in [3.05, 3.63) is 57.9 Å². The van der Waals surface area contributed by atoms with Crippen LogP contribution in [0.1, 0.15) is 11.1 Å². The van der Waals surface area contributed by atoms with E-state index >= 15 is 0 Å². The van der Waals surface area contributed by atoms with E-state index in [0.717, 1.165) is 0 Å². The maximum Gasteiger partial charge on any atom is 0.273 e. The van der Waals surface area contributed by atoms with Gasteiger partial charge in [-0.1, -0.05) is 0 Å². The van der Waals surface area contributed by atoms with Crippen molar-refractivity contribution in [3.8, 4) is 40.3 Å². The van der Waals surface area contributed by atoms with E-state index in [2.05, 4.69) is 15.5 Å². The normalized spacial score (nSPS) is 10.5. The summed E-state index contributed by atoms with van der Waals surface area (Å²) in [5, 5.41) is 13.7. The van der Waals surface area contributed by atoms with Crippen molar-refractivity contribution in [1.82, 2.24) is 9.55 Å². The molecule has 10 heteroatoms. The standard InChI is InChI=1S/C23H23N5O5/c1-28-22(29)17(12-24)20(15-6-8-16(30-2)9-7-15)26-23(28)27-25-13-14-10-18(31-3)21(33-5)19(11-14)32-4/h6-11,13H,1-5H3,(H,26,27)/b25-13+. The third-order valence-corrected chi connectivity index (χ3v) is 4.83. The van der Waals surface area contributed by atoms with E-state index in [-0.39, 0.29) is 17.2 Å². The van der Waals surface area contributed by atoms with Gasteiger partial charge in [0.25, 0.3) is 5.56 Å². The summed E-state index contributed by atoms with van der Waals surface area (Å²) in [6.07, 6.45) is 1.52. The molecule has 0 aliphatic heterocycles. The lowest BCUT2D eigenvalue weighted by Crippen LogP contribution is -2.24. The van der Waals surface area contributed by atoms with Crippen LogP contribution < -0.4 is 29.9 Å². The monoisotopic (exact) mass is 449 g/mol. The largest absolute Gasteiger partial charge is 0.497 e. The van der Waals surface area contributed by atoms with E-state index in [1.807, 2.05) is 6.07 Å². The fourth-order valence-corrected chi connectivity index (χ4v) is 3.10. The summed E-state index contributed by atoms with van der Waals surface area (Å²) in [7, 11) is 7.62. The van der Waals surface area contributed by atoms with Crippen LogP contribution in [0.2, 0.25) is 0 Å². The Morgan fingerprint density at radius 2 is 1.67 bits per heavy atom. The van der Waals surface area contributed by atoms with Gasteiger partial charge >= 0.3 is 0 Å². The zero-order valence-corrected chi connectivity index (χ0v) is 18.9. The topological polar surface area (TPSA) is 120 Å². The Hall–Kier alpha value is -4.52. The second-order valence-electron chi connectivity index (χ2n) is 6.69. The maximum absolute atomic E-state index is 12.7. The van der Waals surface area contributed by atoms with Crippen molar-refractivity contribution in [3.63, 3.8) is 0 Å². The lowest BCUT2D eigenvalue weighted by Gasteiger charge is -2.13. The van der Waals surface area contributed by atoms with Crippen molar-refractivity contribution < 1.29 is 18.9 Å². The minimum absolute atomic E-state index is 0.0678. The van der Waals surface area contributed by atoms with E-state index in [1.54, 1.807) is 43.5 Å². The van der Waals surface area contributed by atoms with Crippen LogP contribution in [0, 0.1) is 11.3 Å². The molecule has 0 saturated heterocycles. The smallest absolute Gasteiger partial charge is 0.273 e. The van der Waals surface area contributed by atoms with E-state index in [9.17, 15) is 10.1 Å². The Balaban J connectivity index is 1.97. The molecule has 0 amide bonds. The summed E-state index contributed by atoms with van der Waals surface area (Å²) in [5.74, 6) is 2.22. The van der Waals surface area contributed by atoms with Gasteiger partial charge in [0, 0.05) is 18.2 Å². The molecule has 0 bridgehead atoms. The van der Waals surface area contributed by atoms with Crippen molar-refractivity contribution in [1.29, 1.82) is 5.26 Å². The predicted octanol–water partition coefficient (Wildman–Crippen LogP) is 2.80. The van der Waals surface area contributed by atoms with Gasteiger partial charge in [0.15, 0.2) is 11.5 Å². The lowest BCUT2D eigenvalue weighted by molar-refractivity contribution is 0.324. The minimum atomic E-state index is -0.496. The van der Waals surface area contributed by atoms with Crippen LogP contribution in [-0.4, -0.2) is 44.2 Å². The Kier molecular flexibility index (Phi) is 7.15. The summed E-state index contributed by atoms with van der Waals surface area (Å²) in [4.78, 5) is 17.2. The zero-order valence-electron chi connectivity index (χ0n) is 18.9. The van der Waals surface area contributed by atoms with Crippen LogP contribution in [0.5, 0.6) is 23.0 Å². The highest BCUT2D eigenvalue weighted by atomic mass is 16.5. The molecular formula is C23H23N5O5. The van der Waals surface area contributed by atoms with E-state index < -0.39 is 5.56 Å². The Labute approximate surface area is 190 Å². The van der Waals surface area contributed by atoms with Gasteiger partial charge in [0.05, 0.1) is 40.3 Å². The molecule has 0 unspecified atom stereocenters. The van der Waals surface area contributed by atoms with E-state index in [1.165, 1.54) is 39.2 Å². The van der Waals surface area contributed by atoms with Gasteiger partial charge in [-0.25, -0.2) is 10.4 Å². The first kappa shape index (κ1) is 23.1. The highest BCUT2D eigenvalue weighted by Crippen LogP contribution is 2.37. The average molecular weight is 449 g/mol. The third kappa shape index (κ3) is 4.72. The Bertz CT molecular complexity index is 1250. The van der Waals surface area contributed by atoms with Crippen LogP contribution in [0.25, 0.3) is 11.3 Å². The summed E-state index contributed by atoms with van der Waals surface area (Å²) in [6, 6.07) is 12.3. The number of rotatable bonds is 8. The van der Waals surface area contributed by atoms with Crippen LogP contribution in [0.3, 0.4) is 0 Å². The molecule has 0 fully saturated rings. The second kappa shape index (κ2) is 10.2. The fourth-order valence-electron chi connectivity index (χ4n) is 3.10. The number of benzene rings is 2. The summed E-state index contributed by atoms with van der Waals surface area (Å²) >= 11 is 0. The van der Waals surface area contributed by atoms with Crippen molar-refractivity contribution in [2.75, 3.05) is 33.9 Å². The molecule has 0 radical (unpaired) electrons. The quantitative estimate of drug-likeness (QED) is 0.412. The molecule has 170 valence electrons. The molecule has 0 atom stereocenters. The van der Waals surface area contributed by atoms with Crippen LogP contribution in [0.4, 0.5) is 5.95 Å². The number of hydrogen-bond acceptors (Lipinski definition) is 9. The van der Waals surface area contributed by atoms with Gasteiger partial charge in [-0.3, -0.25) is 9.36 Å². The van der Waals surface area contributed by atoms with Gasteiger partial charge in [0.2, 0.25) is 11.7 Å². The Morgan fingerprint density at radius 3 is 2.18 bits per heavy atom. The molecule has 0 spiro atoms. The van der Waals surface area contributed by atoms with Crippen molar-refractivity contribution >= 4 is 12.2 Å². The highest BCUT2D eigenvalue weighted by Gasteiger charge is 2.16. The number of anilines is 1. The molecule has 3 aromatic rings. The maximum atomic E-state index is 12.7. The zero-order chi connectivity index (χ0) is 24.0. The molecule has 0 aliphatic carbocycles. The molecule has 0 saturated carbocycles. The highest BCUT2D eigenvalue weighted by molar-refractivity contribution is 5.83. The average Bonchev–Trinajstić information content (AvgIpc) is 2.85. The number of methoxy groups -OCH3 is 4. The Morgan fingerprint density at radius 1 is 1.03 bits per heavy atom. The number of ether oxygens (including phenoxy) is 4. The molecule has 3 rings (SSSR count). The molecule has 33 heavy (non-hydrogen) atoms. The van der Waals surface area contributed by atoms with Crippen LogP contribution in [-0.2, 0) is 7.05 Å². The van der Waals surface area contributed by atoms with Crippen molar-refractivity contribution in [2.45, 2.75) is 0 Å². The third-order valence-electron chi connectivity index (χ3n) is 4.83. The molecule has 2 aromatic carbocycles. The second-order valence-corrected chi connectivity index (χ2v) is 6.69. The van der Waals surface area contributed by atoms with Gasteiger partial charge < -0.3 is 18.9 Å². The first-order chi connectivity index (χ1) is 16.0. The first-order valence-corrected chi connectivity index (χ1v) is 9.72. The van der Waals surface area contributed by atoms with Gasteiger partial charge in [-0.2, -0.15) is 10.4 Å². The summed E-state index contributed by atoms with van der Waals surface area (Å²) < 4.78 is 22.4. The van der Waals surface area contributed by atoms with Gasteiger partial charge in [-0.15, -0.1) is 0 Å². The SMILES string of the molecule is COc1ccc(-c2nc(N/N=C/c3cc(OC)c(OC)c(OC)c3)n(C)c(=O)c2C#N)cc1. The summed E-state index contributed by atoms with van der Waals surface area (Å²) in [6.45, 7) is 0. The first-order valence-electron chi connectivity index (χ1n) is 9.72. The molecule has 10 nitrogen and oxygen atoms in total. The number of nitrogens with zero attached hydrogens (tertiary/aromatic N) is 4. The number of hydrogen-bond donors (Lipinski definition) is 1. The molecular weight excluding hydrogens is 426 g/mol.